The first-order valence-corrected chi connectivity index (χ1v) is 25.1. The Morgan fingerprint density at radius 2 is 1.17 bits per heavy atom. The smallest absolute Gasteiger partial charge is 0.232 e. The van der Waals surface area contributed by atoms with Gasteiger partial charge in [-0.2, -0.15) is 0 Å². The van der Waals surface area contributed by atoms with Crippen LogP contribution in [0, 0.1) is 0 Å². The van der Waals surface area contributed by atoms with Crippen molar-refractivity contribution in [1.29, 1.82) is 0 Å². The molecule has 2 aromatic rings. The Kier molecular flexibility index (Phi) is 20.5. The first-order chi connectivity index (χ1) is 28.1. The number of benzene rings is 1. The molecule has 320 valence electrons. The van der Waals surface area contributed by atoms with Crippen LogP contribution in [0.25, 0.3) is 16.8 Å². The summed E-state index contributed by atoms with van der Waals surface area (Å²) in [5, 5.41) is 13.1. The molecule has 4 rings (SSSR count). The van der Waals surface area contributed by atoms with Crippen molar-refractivity contribution in [3.63, 3.8) is 0 Å². The molecule has 2 N–H and O–H groups in total. The van der Waals surface area contributed by atoms with Gasteiger partial charge in [0.15, 0.2) is 5.78 Å². The van der Waals surface area contributed by atoms with E-state index < -0.39 is 15.8 Å². The van der Waals surface area contributed by atoms with Crippen LogP contribution in [-0.4, -0.2) is 48.9 Å². The second kappa shape index (κ2) is 25.2. The van der Waals surface area contributed by atoms with Crippen molar-refractivity contribution in [2.45, 2.75) is 169 Å². The van der Waals surface area contributed by atoms with Gasteiger partial charge in [-0.05, 0) is 37.8 Å². The summed E-state index contributed by atoms with van der Waals surface area (Å²) in [5.41, 5.74) is 2.44. The molecular formula is C48H71N3O5S2. The lowest BCUT2D eigenvalue weighted by Crippen LogP contribution is -2.31. The van der Waals surface area contributed by atoms with Crippen LogP contribution in [0.1, 0.15) is 174 Å². The third kappa shape index (κ3) is 14.4. The molecular weight excluding hydrogens is 763 g/mol. The number of unbranched alkanes of at least 4 members (excludes halogenated alkanes) is 19. The summed E-state index contributed by atoms with van der Waals surface area (Å²) in [5.74, 6) is -1.11. The molecule has 1 heterocycles. The number of allylic oxidation sites excluding steroid dienone is 5. The molecule has 0 saturated heterocycles. The summed E-state index contributed by atoms with van der Waals surface area (Å²) in [7, 11) is -3.78. The largest absolute Gasteiger partial charge is 0.506 e. The number of hydrogen-bond acceptors (Lipinski definition) is 8. The van der Waals surface area contributed by atoms with Gasteiger partial charge in [0, 0.05) is 30.3 Å². The molecule has 10 heteroatoms. The molecule has 0 spiro atoms. The van der Waals surface area contributed by atoms with E-state index in [4.69, 9.17) is 4.98 Å². The van der Waals surface area contributed by atoms with Gasteiger partial charge in [0.25, 0.3) is 0 Å². The van der Waals surface area contributed by atoms with Gasteiger partial charge >= 0.3 is 0 Å². The first kappa shape index (κ1) is 47.2. The van der Waals surface area contributed by atoms with Gasteiger partial charge in [0.05, 0.1) is 17.0 Å². The van der Waals surface area contributed by atoms with E-state index in [9.17, 15) is 23.1 Å². The molecule has 2 aliphatic carbocycles. The number of aromatic nitrogens is 1. The van der Waals surface area contributed by atoms with E-state index in [1.165, 1.54) is 139 Å². The summed E-state index contributed by atoms with van der Waals surface area (Å²) in [6, 6.07) is 10.1. The van der Waals surface area contributed by atoms with Gasteiger partial charge in [0.2, 0.25) is 15.8 Å². The number of nitrogens with one attached hydrogen (secondary N) is 1. The van der Waals surface area contributed by atoms with Gasteiger partial charge < -0.3 is 10.0 Å². The maximum Gasteiger partial charge on any atom is 0.232 e. The van der Waals surface area contributed by atoms with Gasteiger partial charge in [-0.1, -0.05) is 184 Å². The second-order valence-electron chi connectivity index (χ2n) is 16.3. The number of aliphatic hydroxyl groups excluding tert-OH is 1. The Balaban J connectivity index is 1.58. The van der Waals surface area contributed by atoms with Crippen LogP contribution in [-0.2, 0) is 19.6 Å². The Hall–Kier alpha value is -3.50. The van der Waals surface area contributed by atoms with Gasteiger partial charge in [-0.15, -0.1) is 0 Å². The monoisotopic (exact) mass is 833 g/mol. The highest BCUT2D eigenvalue weighted by Crippen LogP contribution is 2.46. The molecule has 58 heavy (non-hydrogen) atoms. The van der Waals surface area contributed by atoms with Crippen LogP contribution < -0.4 is 9.62 Å². The van der Waals surface area contributed by atoms with E-state index in [0.29, 0.717) is 23.4 Å². The maximum atomic E-state index is 14.1. The van der Waals surface area contributed by atoms with E-state index >= 15 is 0 Å². The van der Waals surface area contributed by atoms with Crippen molar-refractivity contribution in [2.75, 3.05) is 23.7 Å². The van der Waals surface area contributed by atoms with Crippen LogP contribution >= 0.6 is 11.3 Å². The molecule has 8 nitrogen and oxygen atoms in total. The van der Waals surface area contributed by atoms with Gasteiger partial charge in [-0.25, -0.2) is 13.4 Å². The third-order valence-electron chi connectivity index (χ3n) is 11.3. The molecule has 1 aromatic heterocycles. The lowest BCUT2D eigenvalue weighted by Gasteiger charge is -2.26. The van der Waals surface area contributed by atoms with Crippen LogP contribution in [0.2, 0.25) is 0 Å². The summed E-state index contributed by atoms with van der Waals surface area (Å²) >= 11 is 1.44. The molecule has 0 fully saturated rings. The van der Waals surface area contributed by atoms with Crippen LogP contribution in [0.4, 0.5) is 5.00 Å². The first-order valence-electron chi connectivity index (χ1n) is 22.6. The van der Waals surface area contributed by atoms with Crippen LogP contribution in [0.3, 0.4) is 0 Å². The average Bonchev–Trinajstić information content (AvgIpc) is 3.64. The number of thiazole rings is 1. The Morgan fingerprint density at radius 1 is 0.672 bits per heavy atom. The van der Waals surface area contributed by atoms with Crippen molar-refractivity contribution in [3.05, 3.63) is 75.7 Å². The van der Waals surface area contributed by atoms with Crippen LogP contribution in [0.5, 0.6) is 0 Å². The minimum atomic E-state index is -3.78. The number of sulfonamides is 1. The van der Waals surface area contributed by atoms with Crippen LogP contribution in [0.15, 0.2) is 70.7 Å². The zero-order valence-corrected chi connectivity index (χ0v) is 37.6. The molecule has 0 amide bonds. The van der Waals surface area contributed by atoms with Crippen molar-refractivity contribution in [2.24, 2.45) is 0 Å². The molecule has 0 saturated carbocycles. The number of ketones is 2. The van der Waals surface area contributed by atoms with Crippen molar-refractivity contribution >= 4 is 43.5 Å². The molecule has 1 aromatic carbocycles. The zero-order chi connectivity index (χ0) is 41.8. The van der Waals surface area contributed by atoms with Gasteiger partial charge in [0.1, 0.15) is 27.0 Å². The highest BCUT2D eigenvalue weighted by Gasteiger charge is 2.41. The normalized spacial score (nSPS) is 15.8. The Bertz CT molecular complexity index is 1830. The summed E-state index contributed by atoms with van der Waals surface area (Å²) < 4.78 is 28.3. The number of Topliss-reactive ketones (excluding diaryl/α,β-unsaturated/α-hetero) is 1. The standard InChI is InChI=1S/C48H71N3O5S2/c1-5-8-11-13-15-17-19-21-23-28-32-51(33-29-24-22-20-18-16-14-12-9-6-2)48-44(38-30-26-25-27-31-38)49-47(57-48)43-45(53)42(46(43)54)39-35-37(4)41(52)36-40(39)50-58(55,56)34-10-7-3/h25-27,30-31,35-36,50,53H,5-24,28-29,32-34H2,1-4H3/b42-39-. The summed E-state index contributed by atoms with van der Waals surface area (Å²) in [6.45, 7) is 9.83. The number of hydrogen-bond donors (Lipinski definition) is 2. The highest BCUT2D eigenvalue weighted by atomic mass is 32.2. The number of anilines is 1. The number of carbonyl (C=O) groups is 2. The fourth-order valence-electron chi connectivity index (χ4n) is 7.70. The maximum absolute atomic E-state index is 14.1. The minimum absolute atomic E-state index is 0.00288. The fraction of sp³-hybridized carbons (Fsp3) is 0.604. The zero-order valence-electron chi connectivity index (χ0n) is 36.0. The predicted octanol–water partition coefficient (Wildman–Crippen LogP) is 12.7. The number of aliphatic hydroxyl groups is 1. The van der Waals surface area contributed by atoms with Crippen molar-refractivity contribution in [1.82, 2.24) is 9.71 Å². The molecule has 0 aliphatic heterocycles. The van der Waals surface area contributed by atoms with Crippen molar-refractivity contribution < 1.29 is 23.1 Å². The summed E-state index contributed by atoms with van der Waals surface area (Å²) in [6.07, 6.45) is 29.2. The van der Waals surface area contributed by atoms with E-state index in [-0.39, 0.29) is 39.7 Å². The third-order valence-corrected chi connectivity index (χ3v) is 13.8. The lowest BCUT2D eigenvalue weighted by atomic mass is 9.82. The lowest BCUT2D eigenvalue weighted by molar-refractivity contribution is -0.112. The second-order valence-corrected chi connectivity index (χ2v) is 19.1. The topological polar surface area (TPSA) is 117 Å². The number of carbonyl (C=O) groups excluding carboxylic acids is 2. The Morgan fingerprint density at radius 3 is 1.67 bits per heavy atom. The fourth-order valence-corrected chi connectivity index (χ4v) is 10.2. The van der Waals surface area contributed by atoms with Gasteiger partial charge in [-0.3, -0.25) is 14.3 Å². The molecule has 0 radical (unpaired) electrons. The quantitative estimate of drug-likeness (QED) is 0.0594. The molecule has 0 atom stereocenters. The SMILES string of the molecule is CCCCCCCCCCCCN(CCCCCCCCCCCC)c1sc(C2=C(O)/C(=C3\C=C(C)C(=O)C=C3NS(=O)(=O)CCCC)C2=O)nc1-c1ccccc1. The number of rotatable bonds is 30. The predicted molar refractivity (Wildman–Crippen MR) is 244 cm³/mol. The minimum Gasteiger partial charge on any atom is -0.506 e. The van der Waals surface area contributed by atoms with E-state index in [2.05, 4.69) is 23.5 Å². The highest BCUT2D eigenvalue weighted by molar-refractivity contribution is 7.89. The van der Waals surface area contributed by atoms with E-state index in [1.807, 2.05) is 37.3 Å². The molecule has 0 unspecified atom stereocenters. The molecule has 0 bridgehead atoms. The average molecular weight is 834 g/mol. The number of nitrogens with zero attached hydrogens (tertiary/aromatic N) is 2. The van der Waals surface area contributed by atoms with Crippen molar-refractivity contribution in [3.8, 4) is 11.3 Å². The molecule has 2 aliphatic rings. The Labute approximate surface area is 354 Å². The summed E-state index contributed by atoms with van der Waals surface area (Å²) in [4.78, 5) is 34.3. The van der Waals surface area contributed by atoms with E-state index in [0.717, 1.165) is 42.2 Å². The van der Waals surface area contributed by atoms with E-state index in [1.54, 1.807) is 6.92 Å².